The molecule has 3 aromatic rings. The molecular formula is C19H20Cl2FN7O. The fourth-order valence-corrected chi connectivity index (χ4v) is 4.09. The van der Waals surface area contributed by atoms with Gasteiger partial charge in [0.05, 0.1) is 22.6 Å². The molecule has 8 nitrogen and oxygen atoms in total. The van der Waals surface area contributed by atoms with Crippen molar-refractivity contribution in [3.05, 3.63) is 46.1 Å². The second kappa shape index (κ2) is 8.23. The first-order chi connectivity index (χ1) is 14.3. The van der Waals surface area contributed by atoms with Crippen LogP contribution in [-0.2, 0) is 7.05 Å². The average Bonchev–Trinajstić information content (AvgIpc) is 3.12. The first-order valence-corrected chi connectivity index (χ1v) is 10.2. The van der Waals surface area contributed by atoms with E-state index < -0.39 is 11.9 Å². The molecule has 3 heterocycles. The van der Waals surface area contributed by atoms with Crippen molar-refractivity contribution < 1.29 is 9.18 Å². The standard InChI is InChI=1S/C19H20Cl2FN7O/c1-11(12-7-16(22)15(21)8-14(12)20)26-19(30)29-5-3-28(4-6-29)18-13-9-25-27(2)17(13)23-10-24-18/h7-11H,3-6H2,1-2H3,(H,26,30). The van der Waals surface area contributed by atoms with Gasteiger partial charge in [-0.2, -0.15) is 5.10 Å². The number of nitrogens with one attached hydrogen (secondary N) is 1. The van der Waals surface area contributed by atoms with Crippen molar-refractivity contribution in [2.24, 2.45) is 7.05 Å². The summed E-state index contributed by atoms with van der Waals surface area (Å²) in [7, 11) is 1.83. The van der Waals surface area contributed by atoms with E-state index in [1.165, 1.54) is 18.5 Å². The smallest absolute Gasteiger partial charge is 0.317 e. The number of fused-ring (bicyclic) bond motifs is 1. The summed E-state index contributed by atoms with van der Waals surface area (Å²) in [6.45, 7) is 4.04. The number of amides is 2. The molecule has 11 heteroatoms. The number of nitrogens with zero attached hydrogens (tertiary/aromatic N) is 6. The van der Waals surface area contributed by atoms with Crippen LogP contribution in [0.1, 0.15) is 18.5 Å². The van der Waals surface area contributed by atoms with Crippen LogP contribution in [0.3, 0.4) is 0 Å². The van der Waals surface area contributed by atoms with Gasteiger partial charge in [-0.3, -0.25) is 4.68 Å². The number of carbonyl (C=O) groups excluding carboxylic acids is 1. The highest BCUT2D eigenvalue weighted by Crippen LogP contribution is 2.29. The Hall–Kier alpha value is -2.65. The van der Waals surface area contributed by atoms with Crippen molar-refractivity contribution in [2.75, 3.05) is 31.1 Å². The topological polar surface area (TPSA) is 79.2 Å². The number of aromatic nitrogens is 4. The molecule has 1 N–H and O–H groups in total. The van der Waals surface area contributed by atoms with Crippen LogP contribution in [-0.4, -0.2) is 56.9 Å². The minimum Gasteiger partial charge on any atom is -0.352 e. The SMILES string of the molecule is CC(NC(=O)N1CCN(c2ncnc3c2cnn3C)CC1)c1cc(F)c(Cl)cc1Cl. The fourth-order valence-electron chi connectivity index (χ4n) is 3.55. The highest BCUT2D eigenvalue weighted by Gasteiger charge is 2.25. The summed E-state index contributed by atoms with van der Waals surface area (Å²) >= 11 is 11.9. The Morgan fingerprint density at radius 3 is 2.63 bits per heavy atom. The Morgan fingerprint density at radius 2 is 1.90 bits per heavy atom. The molecule has 1 saturated heterocycles. The molecule has 2 aromatic heterocycles. The zero-order valence-corrected chi connectivity index (χ0v) is 18.0. The molecule has 0 radical (unpaired) electrons. The molecule has 1 aliphatic rings. The van der Waals surface area contributed by atoms with Crippen LogP contribution >= 0.6 is 23.2 Å². The summed E-state index contributed by atoms with van der Waals surface area (Å²) in [5.41, 5.74) is 1.24. The lowest BCUT2D eigenvalue weighted by molar-refractivity contribution is 0.191. The third-order valence-corrected chi connectivity index (χ3v) is 5.84. The number of aryl methyl sites for hydroxylation is 1. The molecule has 30 heavy (non-hydrogen) atoms. The first kappa shape index (κ1) is 20.6. The Bertz CT molecular complexity index is 1100. The van der Waals surface area contributed by atoms with E-state index in [1.807, 2.05) is 7.05 Å². The van der Waals surface area contributed by atoms with Gasteiger partial charge in [0.15, 0.2) is 5.65 Å². The number of anilines is 1. The number of piperazine rings is 1. The third-order valence-electron chi connectivity index (χ3n) is 5.22. The summed E-state index contributed by atoms with van der Waals surface area (Å²) in [6, 6.07) is 1.90. The van der Waals surface area contributed by atoms with Crippen molar-refractivity contribution in [1.82, 2.24) is 30.0 Å². The third kappa shape index (κ3) is 3.87. The maximum Gasteiger partial charge on any atom is 0.317 e. The van der Waals surface area contributed by atoms with Crippen LogP contribution in [0.2, 0.25) is 10.0 Å². The van der Waals surface area contributed by atoms with Gasteiger partial charge >= 0.3 is 6.03 Å². The van der Waals surface area contributed by atoms with Crippen molar-refractivity contribution >= 4 is 46.1 Å². The molecule has 4 rings (SSSR count). The maximum absolute atomic E-state index is 13.8. The molecular weight excluding hydrogens is 432 g/mol. The zero-order valence-electron chi connectivity index (χ0n) is 16.4. The quantitative estimate of drug-likeness (QED) is 0.617. The van der Waals surface area contributed by atoms with Crippen molar-refractivity contribution in [2.45, 2.75) is 13.0 Å². The van der Waals surface area contributed by atoms with Crippen LogP contribution in [0.5, 0.6) is 0 Å². The van der Waals surface area contributed by atoms with E-state index in [9.17, 15) is 9.18 Å². The Morgan fingerprint density at radius 1 is 1.17 bits per heavy atom. The number of benzene rings is 1. The number of urea groups is 1. The minimum atomic E-state index is -0.572. The van der Waals surface area contributed by atoms with Gasteiger partial charge in [-0.1, -0.05) is 23.2 Å². The van der Waals surface area contributed by atoms with Crippen LogP contribution in [0.4, 0.5) is 15.0 Å². The number of halogens is 3. The first-order valence-electron chi connectivity index (χ1n) is 9.42. The predicted molar refractivity (Wildman–Crippen MR) is 113 cm³/mol. The van der Waals surface area contributed by atoms with Crippen LogP contribution in [0, 0.1) is 5.82 Å². The molecule has 1 fully saturated rings. The van der Waals surface area contributed by atoms with Gasteiger partial charge in [0.2, 0.25) is 0 Å². The number of hydrogen-bond acceptors (Lipinski definition) is 5. The van der Waals surface area contributed by atoms with Crippen molar-refractivity contribution in [1.29, 1.82) is 0 Å². The highest BCUT2D eigenvalue weighted by molar-refractivity contribution is 6.35. The largest absolute Gasteiger partial charge is 0.352 e. The van der Waals surface area contributed by atoms with E-state index >= 15 is 0 Å². The van der Waals surface area contributed by atoms with Crippen molar-refractivity contribution in [3.63, 3.8) is 0 Å². The van der Waals surface area contributed by atoms with E-state index in [1.54, 1.807) is 22.7 Å². The van der Waals surface area contributed by atoms with Gasteiger partial charge in [0.25, 0.3) is 0 Å². The van der Waals surface area contributed by atoms with Crippen LogP contribution < -0.4 is 10.2 Å². The summed E-state index contributed by atoms with van der Waals surface area (Å²) in [4.78, 5) is 25.2. The summed E-state index contributed by atoms with van der Waals surface area (Å²) in [6.07, 6.45) is 3.27. The fraction of sp³-hybridized carbons (Fsp3) is 0.368. The number of hydrogen-bond donors (Lipinski definition) is 1. The minimum absolute atomic E-state index is 0.0501. The van der Waals surface area contributed by atoms with Gasteiger partial charge in [-0.25, -0.2) is 19.2 Å². The Balaban J connectivity index is 1.40. The van der Waals surface area contributed by atoms with Gasteiger partial charge in [0, 0.05) is 38.2 Å². The van der Waals surface area contributed by atoms with E-state index in [-0.39, 0.29) is 11.1 Å². The second-order valence-corrected chi connectivity index (χ2v) is 7.95. The normalized spacial score (nSPS) is 15.5. The van der Waals surface area contributed by atoms with E-state index in [0.717, 1.165) is 16.9 Å². The molecule has 1 aromatic carbocycles. The van der Waals surface area contributed by atoms with E-state index in [0.29, 0.717) is 36.8 Å². The molecule has 0 bridgehead atoms. The van der Waals surface area contributed by atoms with Gasteiger partial charge < -0.3 is 15.1 Å². The van der Waals surface area contributed by atoms with Crippen LogP contribution in [0.15, 0.2) is 24.7 Å². The molecule has 158 valence electrons. The Labute approximate surface area is 182 Å². The van der Waals surface area contributed by atoms with Gasteiger partial charge in [-0.05, 0) is 24.6 Å². The summed E-state index contributed by atoms with van der Waals surface area (Å²) < 4.78 is 15.5. The second-order valence-electron chi connectivity index (χ2n) is 7.14. The van der Waals surface area contributed by atoms with Gasteiger partial charge in [0.1, 0.15) is 18.0 Å². The van der Waals surface area contributed by atoms with Gasteiger partial charge in [-0.15, -0.1) is 0 Å². The molecule has 0 spiro atoms. The lowest BCUT2D eigenvalue weighted by atomic mass is 10.1. The average molecular weight is 452 g/mol. The van der Waals surface area contributed by atoms with E-state index in [4.69, 9.17) is 23.2 Å². The summed E-state index contributed by atoms with van der Waals surface area (Å²) in [5.74, 6) is 0.238. The maximum atomic E-state index is 13.8. The molecule has 0 saturated carbocycles. The zero-order chi connectivity index (χ0) is 21.4. The predicted octanol–water partition coefficient (Wildman–Crippen LogP) is 3.40. The molecule has 1 unspecified atom stereocenters. The highest BCUT2D eigenvalue weighted by atomic mass is 35.5. The molecule has 1 atom stereocenters. The lowest BCUT2D eigenvalue weighted by Gasteiger charge is -2.36. The molecule has 0 aliphatic carbocycles. The van der Waals surface area contributed by atoms with Crippen molar-refractivity contribution in [3.8, 4) is 0 Å². The Kier molecular flexibility index (Phi) is 5.66. The number of rotatable bonds is 3. The summed E-state index contributed by atoms with van der Waals surface area (Å²) in [5, 5.41) is 8.26. The molecule has 1 aliphatic heterocycles. The lowest BCUT2D eigenvalue weighted by Crippen LogP contribution is -2.52. The van der Waals surface area contributed by atoms with E-state index in [2.05, 4.69) is 25.3 Å². The van der Waals surface area contributed by atoms with Crippen LogP contribution in [0.25, 0.3) is 11.0 Å². The molecule has 2 amide bonds. The monoisotopic (exact) mass is 451 g/mol. The number of carbonyl (C=O) groups is 1.